The largest absolute Gasteiger partial charge is 0.465 e. The van der Waals surface area contributed by atoms with Crippen LogP contribution in [0.25, 0.3) is 4.85 Å². The predicted molar refractivity (Wildman–Crippen MR) is 183 cm³/mol. The Morgan fingerprint density at radius 2 is 1.63 bits per heavy atom. The van der Waals surface area contributed by atoms with Gasteiger partial charge in [0.05, 0.1) is 45.8 Å². The maximum atomic E-state index is 13.8. The van der Waals surface area contributed by atoms with Gasteiger partial charge in [0.2, 0.25) is 11.4 Å². The summed E-state index contributed by atoms with van der Waals surface area (Å²) in [6.45, 7) is 16.5. The van der Waals surface area contributed by atoms with Crippen LogP contribution in [0.5, 0.6) is 0 Å². The molecule has 0 saturated carbocycles. The lowest BCUT2D eigenvalue weighted by atomic mass is 9.81. The highest BCUT2D eigenvalue weighted by molar-refractivity contribution is 8.24. The molecule has 0 spiro atoms. The SMILES string of the molecule is [C-]#[N+]C(C)(CC)CC(CC(CC(SC(=S)c1ccccc1)C(=O)NC(C)(C)CS(=O)(=O)O)C(=O)OCCCC)C(=O)OCCOC. The van der Waals surface area contributed by atoms with Crippen LogP contribution in [0.2, 0.25) is 0 Å². The van der Waals surface area contributed by atoms with Crippen LogP contribution in [-0.4, -0.2) is 84.0 Å². The van der Waals surface area contributed by atoms with Crippen molar-refractivity contribution in [2.24, 2.45) is 11.8 Å². The molecule has 4 atom stereocenters. The molecule has 4 unspecified atom stereocenters. The Morgan fingerprint density at radius 3 is 2.17 bits per heavy atom. The van der Waals surface area contributed by atoms with Crippen LogP contribution in [0.15, 0.2) is 30.3 Å². The summed E-state index contributed by atoms with van der Waals surface area (Å²) in [4.78, 5) is 44.4. The van der Waals surface area contributed by atoms with E-state index in [4.69, 9.17) is 33.0 Å². The summed E-state index contributed by atoms with van der Waals surface area (Å²) in [5, 5.41) is 1.66. The summed E-state index contributed by atoms with van der Waals surface area (Å²) < 4.78 is 49.1. The summed E-state index contributed by atoms with van der Waals surface area (Å²) in [5.74, 6) is -4.39. The van der Waals surface area contributed by atoms with Gasteiger partial charge in [-0.1, -0.05) is 62.8 Å². The number of hydrogen-bond acceptors (Lipinski definition) is 10. The number of unbranched alkanes of at least 4 members (excludes halogenated alkanes) is 1. The molecule has 258 valence electrons. The first-order valence-electron chi connectivity index (χ1n) is 15.2. The van der Waals surface area contributed by atoms with Gasteiger partial charge in [-0.3, -0.25) is 18.9 Å². The number of benzene rings is 1. The minimum atomic E-state index is -4.43. The van der Waals surface area contributed by atoms with Gasteiger partial charge < -0.3 is 24.4 Å². The first-order chi connectivity index (χ1) is 21.5. The fourth-order valence-corrected chi connectivity index (χ4v) is 7.11. The monoisotopic (exact) mass is 700 g/mol. The van der Waals surface area contributed by atoms with E-state index in [0.717, 1.165) is 18.2 Å². The molecule has 0 bridgehead atoms. The first-order valence-corrected chi connectivity index (χ1v) is 18.1. The Labute approximate surface area is 283 Å². The molecule has 1 aromatic rings. The Kier molecular flexibility index (Phi) is 18.0. The summed E-state index contributed by atoms with van der Waals surface area (Å²) in [5.41, 5.74) is -1.58. The maximum absolute atomic E-state index is 13.8. The van der Waals surface area contributed by atoms with Crippen LogP contribution >= 0.6 is 24.0 Å². The molecule has 11 nitrogen and oxygen atoms in total. The van der Waals surface area contributed by atoms with Crippen LogP contribution in [0.3, 0.4) is 0 Å². The van der Waals surface area contributed by atoms with Gasteiger partial charge in [0, 0.05) is 26.9 Å². The van der Waals surface area contributed by atoms with Crippen molar-refractivity contribution < 1.29 is 41.6 Å². The lowest BCUT2D eigenvalue weighted by molar-refractivity contribution is -0.154. The van der Waals surface area contributed by atoms with Gasteiger partial charge in [0.25, 0.3) is 10.1 Å². The summed E-state index contributed by atoms with van der Waals surface area (Å²) in [6, 6.07) is 8.97. The molecular formula is C32H48N2O9S3. The number of methoxy groups -OCH3 is 1. The Morgan fingerprint density at radius 1 is 1.02 bits per heavy atom. The molecule has 14 heteroatoms. The third-order valence-electron chi connectivity index (χ3n) is 7.28. The van der Waals surface area contributed by atoms with E-state index in [9.17, 15) is 27.4 Å². The number of ether oxygens (including phenoxy) is 3. The number of rotatable bonds is 21. The molecule has 1 amide bonds. The lowest BCUT2D eigenvalue weighted by Crippen LogP contribution is -2.51. The smallest absolute Gasteiger partial charge is 0.309 e. The second-order valence-electron chi connectivity index (χ2n) is 12.1. The average Bonchev–Trinajstić information content (AvgIpc) is 2.98. The third kappa shape index (κ3) is 15.8. The number of nitrogens with one attached hydrogen (secondary N) is 1. The van der Waals surface area contributed by atoms with E-state index in [2.05, 4.69) is 10.2 Å². The van der Waals surface area contributed by atoms with Gasteiger partial charge in [0.15, 0.2) is 0 Å². The second kappa shape index (κ2) is 19.9. The average molecular weight is 701 g/mol. The number of nitrogens with zero attached hydrogens (tertiary/aromatic N) is 1. The van der Waals surface area contributed by atoms with Crippen LogP contribution in [0.1, 0.15) is 78.7 Å². The summed E-state index contributed by atoms with van der Waals surface area (Å²) in [6.07, 6.45) is 1.80. The minimum Gasteiger partial charge on any atom is -0.465 e. The van der Waals surface area contributed by atoms with Gasteiger partial charge in [-0.15, -0.1) is 11.8 Å². The van der Waals surface area contributed by atoms with Crippen LogP contribution < -0.4 is 5.32 Å². The number of thioether (sulfide) groups is 1. The predicted octanol–water partition coefficient (Wildman–Crippen LogP) is 5.27. The van der Waals surface area contributed by atoms with E-state index in [1.165, 1.54) is 21.0 Å². The Balaban J connectivity index is 3.55. The highest BCUT2D eigenvalue weighted by Gasteiger charge is 2.41. The molecular weight excluding hydrogens is 653 g/mol. The van der Waals surface area contributed by atoms with Gasteiger partial charge in [-0.05, 0) is 38.7 Å². The zero-order chi connectivity index (χ0) is 35.0. The van der Waals surface area contributed by atoms with Crippen LogP contribution in [0.4, 0.5) is 0 Å². The van der Waals surface area contributed by atoms with E-state index in [0.29, 0.717) is 22.6 Å². The number of amides is 1. The first kappa shape index (κ1) is 41.5. The van der Waals surface area contributed by atoms with Crippen molar-refractivity contribution in [3.05, 3.63) is 47.3 Å². The molecule has 0 aliphatic carbocycles. The lowest BCUT2D eigenvalue weighted by Gasteiger charge is -2.30. The van der Waals surface area contributed by atoms with E-state index in [-0.39, 0.29) is 39.1 Å². The fraction of sp³-hybridized carbons (Fsp3) is 0.656. The minimum absolute atomic E-state index is 0.00657. The van der Waals surface area contributed by atoms with Crippen LogP contribution in [-0.2, 0) is 38.7 Å². The van der Waals surface area contributed by atoms with Gasteiger partial charge in [-0.2, -0.15) is 8.42 Å². The van der Waals surface area contributed by atoms with E-state index >= 15 is 0 Å². The molecule has 2 N–H and O–H groups in total. The van der Waals surface area contributed by atoms with Gasteiger partial charge in [-0.25, -0.2) is 6.57 Å². The molecule has 1 rings (SSSR count). The normalized spacial score (nSPS) is 15.0. The summed E-state index contributed by atoms with van der Waals surface area (Å²) >= 11 is 6.68. The molecule has 0 radical (unpaired) electrons. The Hall–Kier alpha value is -2.57. The van der Waals surface area contributed by atoms with Crippen molar-refractivity contribution in [2.75, 3.05) is 32.7 Å². The standard InChI is InChI=1S/C32H48N2O9S3/c1-8-10-16-42-28(36)24(19-25(21-32(5,9-2)33-6)29(37)43-18-17-41-7)20-26(45-30(44)23-14-12-11-13-15-23)27(35)34-31(3,4)22-46(38,39)40/h11-15,24-26H,8-10,16-22H2,1-5,7H3,(H,34,35)(H,38,39,40). The molecule has 0 fully saturated rings. The third-order valence-corrected chi connectivity index (χ3v) is 10.0. The van der Waals surface area contributed by atoms with E-state index < -0.39 is 61.9 Å². The highest BCUT2D eigenvalue weighted by Crippen LogP contribution is 2.34. The zero-order valence-corrected chi connectivity index (χ0v) is 30.0. The molecule has 0 aliphatic heterocycles. The Bertz CT molecular complexity index is 1300. The number of thiocarbonyl (C=S) groups is 1. The fourth-order valence-electron chi connectivity index (χ4n) is 4.62. The van der Waals surface area contributed by atoms with E-state index in [1.807, 2.05) is 19.9 Å². The van der Waals surface area contributed by atoms with Crippen molar-refractivity contribution in [1.29, 1.82) is 0 Å². The zero-order valence-electron chi connectivity index (χ0n) is 27.6. The van der Waals surface area contributed by atoms with Crippen molar-refractivity contribution >= 4 is 56.1 Å². The molecule has 1 aromatic carbocycles. The molecule has 0 heterocycles. The quantitative estimate of drug-likeness (QED) is 0.0568. The topological polar surface area (TPSA) is 150 Å². The van der Waals surface area contributed by atoms with Crippen molar-refractivity contribution in [2.45, 2.75) is 89.5 Å². The van der Waals surface area contributed by atoms with Gasteiger partial charge in [0.1, 0.15) is 6.61 Å². The molecule has 46 heavy (non-hydrogen) atoms. The number of hydrogen-bond donors (Lipinski definition) is 2. The second-order valence-corrected chi connectivity index (χ2v) is 15.4. The van der Waals surface area contributed by atoms with Crippen LogP contribution in [0, 0.1) is 18.4 Å². The summed E-state index contributed by atoms with van der Waals surface area (Å²) in [7, 11) is -2.96. The van der Waals surface area contributed by atoms with Crippen molar-refractivity contribution in [3.63, 3.8) is 0 Å². The van der Waals surface area contributed by atoms with Crippen molar-refractivity contribution in [1.82, 2.24) is 5.32 Å². The number of carbonyl (C=O) groups excluding carboxylic acids is 3. The van der Waals surface area contributed by atoms with E-state index in [1.54, 1.807) is 31.2 Å². The highest BCUT2D eigenvalue weighted by atomic mass is 32.2. The van der Waals surface area contributed by atoms with Crippen molar-refractivity contribution in [3.8, 4) is 0 Å². The molecule has 0 aromatic heterocycles. The molecule has 0 aliphatic rings. The maximum Gasteiger partial charge on any atom is 0.309 e. The number of esters is 2. The molecule has 0 saturated heterocycles. The van der Waals surface area contributed by atoms with Gasteiger partial charge >= 0.3 is 11.9 Å². The number of carbonyl (C=O) groups is 3.